The van der Waals surface area contributed by atoms with E-state index < -0.39 is 12.2 Å². The topological polar surface area (TPSA) is 92.6 Å². The molecule has 1 aromatic carbocycles. The highest BCUT2D eigenvalue weighted by Gasteiger charge is 2.39. The summed E-state index contributed by atoms with van der Waals surface area (Å²) in [4.78, 5) is 37.5. The number of aromatic nitrogens is 3. The van der Waals surface area contributed by atoms with Crippen LogP contribution in [0.2, 0.25) is 0 Å². The van der Waals surface area contributed by atoms with Gasteiger partial charge in [-0.25, -0.2) is 19.2 Å². The first-order valence-electron chi connectivity index (χ1n) is 14.0. The molecule has 2 aromatic heterocycles. The fourth-order valence-corrected chi connectivity index (χ4v) is 6.00. The molecule has 1 N–H and O–H groups in total. The first-order valence-corrected chi connectivity index (χ1v) is 14.0. The van der Waals surface area contributed by atoms with E-state index in [1.165, 1.54) is 10.5 Å². The van der Waals surface area contributed by atoms with E-state index in [0.717, 1.165) is 55.1 Å². The molecule has 40 heavy (non-hydrogen) atoms. The van der Waals surface area contributed by atoms with Crippen molar-refractivity contribution in [3.63, 3.8) is 0 Å². The number of benzene rings is 1. The number of halogens is 1. The van der Waals surface area contributed by atoms with Gasteiger partial charge in [0.1, 0.15) is 29.5 Å². The van der Waals surface area contributed by atoms with E-state index in [2.05, 4.69) is 47.2 Å². The number of hydrogen-bond donors (Lipinski definition) is 1. The Morgan fingerprint density at radius 2 is 1.88 bits per heavy atom. The lowest BCUT2D eigenvalue weighted by atomic mass is 9.96. The molecule has 1 saturated carbocycles. The number of carbonyl (C=O) groups excluding carboxylic acids is 2. The van der Waals surface area contributed by atoms with Crippen LogP contribution in [0.25, 0.3) is 11.5 Å². The lowest BCUT2D eigenvalue weighted by Gasteiger charge is -2.32. The Labute approximate surface area is 233 Å². The number of pyridine rings is 1. The molecule has 0 unspecified atom stereocenters. The van der Waals surface area contributed by atoms with Gasteiger partial charge < -0.3 is 9.30 Å². The number of rotatable bonds is 6. The van der Waals surface area contributed by atoms with Crippen molar-refractivity contribution in [1.82, 2.24) is 24.8 Å². The number of alkyl halides is 1. The first-order chi connectivity index (χ1) is 19.2. The van der Waals surface area contributed by atoms with E-state index in [1.54, 1.807) is 6.20 Å². The molecular weight excluding hydrogens is 511 g/mol. The summed E-state index contributed by atoms with van der Waals surface area (Å²) in [5.74, 6) is 1.72. The second-order valence-electron chi connectivity index (χ2n) is 11.5. The fraction of sp³-hybridized carbons (Fsp3) is 0.467. The molecule has 10 heteroatoms. The van der Waals surface area contributed by atoms with Gasteiger partial charge in [0.05, 0.1) is 17.4 Å². The van der Waals surface area contributed by atoms with E-state index in [0.29, 0.717) is 24.6 Å². The summed E-state index contributed by atoms with van der Waals surface area (Å²) in [6.07, 6.45) is 3.98. The molecule has 0 radical (unpaired) electrons. The molecule has 2 atom stereocenters. The van der Waals surface area contributed by atoms with Crippen LogP contribution in [0.3, 0.4) is 0 Å². The Bertz CT molecular complexity index is 1440. The molecule has 1 saturated heterocycles. The predicted molar refractivity (Wildman–Crippen MR) is 148 cm³/mol. The molecule has 3 amide bonds. The Morgan fingerprint density at radius 1 is 1.10 bits per heavy atom. The minimum absolute atomic E-state index is 0.252. The van der Waals surface area contributed by atoms with Crippen LogP contribution in [0, 0.1) is 0 Å². The Balaban J connectivity index is 1.17. The number of amides is 3. The summed E-state index contributed by atoms with van der Waals surface area (Å²) in [6.45, 7) is 6.18. The summed E-state index contributed by atoms with van der Waals surface area (Å²) < 4.78 is 22.0. The number of fused-ring (bicyclic) bond motifs is 1. The second-order valence-corrected chi connectivity index (χ2v) is 11.5. The van der Waals surface area contributed by atoms with Gasteiger partial charge in [-0.05, 0) is 62.4 Å². The quantitative estimate of drug-likeness (QED) is 0.476. The summed E-state index contributed by atoms with van der Waals surface area (Å²) in [7, 11) is 1.85. The van der Waals surface area contributed by atoms with Crippen LogP contribution in [0.15, 0.2) is 42.6 Å². The number of ether oxygens (including phenoxy) is 1. The third-order valence-corrected chi connectivity index (χ3v) is 8.44. The van der Waals surface area contributed by atoms with Crippen molar-refractivity contribution in [2.45, 2.75) is 76.9 Å². The second kappa shape index (κ2) is 10.3. The van der Waals surface area contributed by atoms with Gasteiger partial charge in [-0.3, -0.25) is 19.9 Å². The van der Waals surface area contributed by atoms with Crippen LogP contribution >= 0.6 is 0 Å². The third kappa shape index (κ3) is 4.85. The zero-order valence-corrected chi connectivity index (χ0v) is 23.2. The number of nitrogens with zero attached hydrogens (tertiary/aromatic N) is 5. The van der Waals surface area contributed by atoms with Gasteiger partial charge >= 0.3 is 6.03 Å². The minimum atomic E-state index is -0.887. The average molecular weight is 547 g/mol. The van der Waals surface area contributed by atoms with Crippen LogP contribution in [0.4, 0.5) is 15.0 Å². The number of anilines is 1. The maximum Gasteiger partial charge on any atom is 0.329 e. The monoisotopic (exact) mass is 546 g/mol. The van der Waals surface area contributed by atoms with Crippen LogP contribution in [0.5, 0.6) is 5.75 Å². The van der Waals surface area contributed by atoms with Crippen LogP contribution < -0.4 is 15.0 Å². The fourth-order valence-electron chi connectivity index (χ4n) is 6.00. The molecule has 0 bridgehead atoms. The maximum atomic E-state index is 14.2. The van der Waals surface area contributed by atoms with Gasteiger partial charge in [0, 0.05) is 33.1 Å². The van der Waals surface area contributed by atoms with Gasteiger partial charge in [-0.1, -0.05) is 24.6 Å². The van der Waals surface area contributed by atoms with E-state index in [1.807, 2.05) is 29.8 Å². The minimum Gasteiger partial charge on any atom is -0.487 e. The van der Waals surface area contributed by atoms with Crippen molar-refractivity contribution >= 4 is 17.8 Å². The summed E-state index contributed by atoms with van der Waals surface area (Å²) in [5, 5.41) is 2.36. The number of imidazole rings is 1. The summed E-state index contributed by atoms with van der Waals surface area (Å²) in [6, 6.07) is 11.6. The highest BCUT2D eigenvalue weighted by Crippen LogP contribution is 2.40. The SMILES string of the molecule is Cn1c(N2CCC(=O)NC2=O)cnc1-c1ccc2c(n1)C(C)(C)N(Cc1ccc(O[C@H]3CCCC[C@@H]3F)cc1)C2. The molecule has 0 spiro atoms. The van der Waals surface area contributed by atoms with Crippen LogP contribution in [-0.2, 0) is 30.5 Å². The van der Waals surface area contributed by atoms with Crippen molar-refractivity contribution in [3.8, 4) is 17.3 Å². The van der Waals surface area contributed by atoms with E-state index in [4.69, 9.17) is 9.72 Å². The van der Waals surface area contributed by atoms with Crippen molar-refractivity contribution < 1.29 is 18.7 Å². The van der Waals surface area contributed by atoms with Crippen LogP contribution in [-0.4, -0.2) is 50.2 Å². The number of hydrogen-bond acceptors (Lipinski definition) is 6. The van der Waals surface area contributed by atoms with E-state index in [-0.39, 0.29) is 24.0 Å². The van der Waals surface area contributed by atoms with E-state index in [9.17, 15) is 14.0 Å². The molecule has 1 aliphatic carbocycles. The Kier molecular flexibility index (Phi) is 6.82. The maximum absolute atomic E-state index is 14.2. The molecular formula is C30H35FN6O3. The Morgan fingerprint density at radius 3 is 2.62 bits per heavy atom. The zero-order chi connectivity index (χ0) is 28.0. The lowest BCUT2D eigenvalue weighted by Crippen LogP contribution is -2.50. The molecule has 3 aliphatic rings. The average Bonchev–Trinajstić information content (AvgIpc) is 3.42. The summed E-state index contributed by atoms with van der Waals surface area (Å²) in [5.41, 5.74) is 3.74. The highest BCUT2D eigenvalue weighted by atomic mass is 19.1. The first kappa shape index (κ1) is 26.4. The zero-order valence-electron chi connectivity index (χ0n) is 23.2. The normalized spacial score (nSPS) is 22.8. The van der Waals surface area contributed by atoms with Crippen molar-refractivity contribution in [3.05, 3.63) is 59.4 Å². The molecule has 2 aliphatic heterocycles. The number of imide groups is 1. The van der Waals surface area contributed by atoms with E-state index >= 15 is 0 Å². The van der Waals surface area contributed by atoms with Gasteiger partial charge in [0.15, 0.2) is 5.82 Å². The van der Waals surface area contributed by atoms with Gasteiger partial charge in [-0.15, -0.1) is 0 Å². The molecule has 4 heterocycles. The van der Waals surface area contributed by atoms with Crippen molar-refractivity contribution in [1.29, 1.82) is 0 Å². The molecule has 3 aromatic rings. The van der Waals surface area contributed by atoms with Gasteiger partial charge in [0.25, 0.3) is 0 Å². The van der Waals surface area contributed by atoms with Crippen molar-refractivity contribution in [2.75, 3.05) is 11.4 Å². The predicted octanol–water partition coefficient (Wildman–Crippen LogP) is 4.84. The molecule has 2 fully saturated rings. The molecule has 9 nitrogen and oxygen atoms in total. The number of carbonyl (C=O) groups is 2. The van der Waals surface area contributed by atoms with Gasteiger partial charge in [0.2, 0.25) is 5.91 Å². The highest BCUT2D eigenvalue weighted by molar-refractivity contribution is 6.05. The lowest BCUT2D eigenvalue weighted by molar-refractivity contribution is -0.120. The smallest absolute Gasteiger partial charge is 0.329 e. The molecule has 6 rings (SSSR count). The summed E-state index contributed by atoms with van der Waals surface area (Å²) >= 11 is 0. The third-order valence-electron chi connectivity index (χ3n) is 8.44. The largest absolute Gasteiger partial charge is 0.487 e. The standard InChI is InChI=1S/C30H35FN6O3/c1-30(2)27-20(18-36(30)17-19-8-11-21(12-9-19)40-24-7-5-4-6-22(24)31)10-13-23(33-27)28-32-16-26(35(28)3)37-15-14-25(38)34-29(37)39/h8-13,16,22,24H,4-7,14-15,17-18H2,1-3H3,(H,34,38,39)/t22-,24-/m0/s1. The van der Waals surface area contributed by atoms with Crippen LogP contribution in [0.1, 0.15) is 62.8 Å². The number of nitrogens with one attached hydrogen (secondary N) is 1. The molecule has 210 valence electrons. The Hall–Kier alpha value is -3.79. The van der Waals surface area contributed by atoms with Crippen molar-refractivity contribution in [2.24, 2.45) is 7.05 Å². The van der Waals surface area contributed by atoms with Gasteiger partial charge in [-0.2, -0.15) is 0 Å². The number of urea groups is 1.